The van der Waals surface area contributed by atoms with Crippen molar-refractivity contribution in [1.82, 2.24) is 15.2 Å². The van der Waals surface area contributed by atoms with E-state index in [4.69, 9.17) is 11.5 Å². The monoisotopic (exact) mass is 360 g/mol. The normalized spacial score (nSPS) is 15.5. The van der Waals surface area contributed by atoms with Gasteiger partial charge in [0.05, 0.1) is 5.69 Å². The van der Waals surface area contributed by atoms with E-state index in [0.717, 1.165) is 32.5 Å². The van der Waals surface area contributed by atoms with E-state index < -0.39 is 6.04 Å². The average molecular weight is 360 g/mol. The highest BCUT2D eigenvalue weighted by molar-refractivity contribution is 6.35. The molecule has 8 heteroatoms. The second kappa shape index (κ2) is 11.6. The highest BCUT2D eigenvalue weighted by Gasteiger charge is 2.24. The highest BCUT2D eigenvalue weighted by Crippen LogP contribution is 2.09. The molecule has 1 aliphatic heterocycles. The summed E-state index contributed by atoms with van der Waals surface area (Å²) in [7, 11) is 2.10. The molecule has 2 unspecified atom stereocenters. The van der Waals surface area contributed by atoms with Crippen LogP contribution >= 0.6 is 0 Å². The Labute approximate surface area is 157 Å². The molecule has 0 spiro atoms. The Morgan fingerprint density at radius 2 is 1.96 bits per heavy atom. The summed E-state index contributed by atoms with van der Waals surface area (Å²) in [6, 6.07) is 2.74. The minimum atomic E-state index is -0.518. The van der Waals surface area contributed by atoms with Crippen LogP contribution in [0, 0.1) is 0 Å². The second-order valence-electron chi connectivity index (χ2n) is 6.51. The molecule has 1 aliphatic rings. The minimum Gasteiger partial charge on any atom is -0.341 e. The van der Waals surface area contributed by atoms with Crippen molar-refractivity contribution in [1.29, 1.82) is 0 Å². The summed E-state index contributed by atoms with van der Waals surface area (Å²) in [5.74, 6) is 0.288. The van der Waals surface area contributed by atoms with Crippen molar-refractivity contribution >= 4 is 19.1 Å². The Morgan fingerprint density at radius 1 is 1.31 bits per heavy atom. The van der Waals surface area contributed by atoms with Crippen LogP contribution in [-0.4, -0.2) is 54.7 Å². The van der Waals surface area contributed by atoms with Gasteiger partial charge in [-0.2, -0.15) is 0 Å². The molecule has 0 aliphatic carbocycles. The van der Waals surface area contributed by atoms with Gasteiger partial charge in [0.25, 0.3) is 5.91 Å². The summed E-state index contributed by atoms with van der Waals surface area (Å²) >= 11 is 0. The van der Waals surface area contributed by atoms with Gasteiger partial charge in [0.1, 0.15) is 13.3 Å². The summed E-state index contributed by atoms with van der Waals surface area (Å²) in [4.78, 5) is 30.0. The van der Waals surface area contributed by atoms with Crippen LogP contribution in [0.4, 0.5) is 0 Å². The first-order valence-electron chi connectivity index (χ1n) is 9.17. The lowest BCUT2D eigenvalue weighted by Crippen LogP contribution is -2.45. The zero-order valence-corrected chi connectivity index (χ0v) is 16.1. The summed E-state index contributed by atoms with van der Waals surface area (Å²) in [5.41, 5.74) is 11.9. The Balaban J connectivity index is 0.000000487. The smallest absolute Gasteiger partial charge is 0.252 e. The van der Waals surface area contributed by atoms with Gasteiger partial charge >= 0.3 is 0 Å². The molecule has 143 valence electrons. The number of nitrogens with one attached hydrogen (secondary N) is 1. The van der Waals surface area contributed by atoms with E-state index in [1.54, 1.807) is 30.2 Å². The maximum atomic E-state index is 12.1. The zero-order valence-electron chi connectivity index (χ0n) is 16.1. The largest absolute Gasteiger partial charge is 0.341 e. The zero-order chi connectivity index (χ0) is 19.5. The number of hydrogen-bond donors (Lipinski definition) is 3. The molecule has 1 saturated heterocycles. The standard InChI is InChI=1S/C14H20N4O2.C4H11BN/c1-10(14(20)18-6-2-3-7-18)17-13(19)11-4-5-16-12(8-11)9-15;1-4(3-6)5-2/h4-5,8,10H,2-3,6-7,9,15H2,1H3,(H,17,19);4H,3,6H2,1-2H3. The molecule has 1 aromatic rings. The summed E-state index contributed by atoms with van der Waals surface area (Å²) in [6.07, 6.45) is 3.62. The number of aromatic nitrogens is 1. The summed E-state index contributed by atoms with van der Waals surface area (Å²) in [6.45, 7) is 8.46. The lowest BCUT2D eigenvalue weighted by molar-refractivity contribution is -0.131. The second-order valence-corrected chi connectivity index (χ2v) is 6.51. The van der Waals surface area contributed by atoms with Crippen LogP contribution < -0.4 is 16.8 Å². The molecule has 0 aromatic carbocycles. The number of nitrogens with zero attached hydrogens (tertiary/aromatic N) is 2. The predicted molar refractivity (Wildman–Crippen MR) is 105 cm³/mol. The number of rotatable bonds is 6. The quantitative estimate of drug-likeness (QED) is 0.649. The molecule has 5 N–H and O–H groups in total. The SMILES string of the molecule is CC(NC(=O)c1ccnc(CN)c1)C(=O)N1CCCC1.C[B]C(C)CN. The summed E-state index contributed by atoms with van der Waals surface area (Å²) < 4.78 is 0. The molecule has 7 nitrogen and oxygen atoms in total. The van der Waals surface area contributed by atoms with Gasteiger partial charge < -0.3 is 21.7 Å². The van der Waals surface area contributed by atoms with Gasteiger partial charge in [-0.1, -0.05) is 19.6 Å². The van der Waals surface area contributed by atoms with Crippen LogP contribution in [0.3, 0.4) is 0 Å². The number of nitrogens with two attached hydrogens (primary N) is 2. The van der Waals surface area contributed by atoms with Crippen LogP contribution in [0.2, 0.25) is 12.6 Å². The number of carbonyl (C=O) groups is 2. The van der Waals surface area contributed by atoms with Gasteiger partial charge in [0.15, 0.2) is 0 Å². The number of amides is 2. The fraction of sp³-hybridized carbons (Fsp3) is 0.611. The van der Waals surface area contributed by atoms with E-state index in [1.807, 2.05) is 6.82 Å². The predicted octanol–water partition coefficient (Wildman–Crippen LogP) is 0.787. The van der Waals surface area contributed by atoms with Gasteiger partial charge in [0, 0.05) is 31.4 Å². The van der Waals surface area contributed by atoms with Gasteiger partial charge in [-0.25, -0.2) is 0 Å². The number of carbonyl (C=O) groups excluding carboxylic acids is 2. The molecule has 2 heterocycles. The van der Waals surface area contributed by atoms with E-state index in [9.17, 15) is 9.59 Å². The molecule has 0 saturated carbocycles. The van der Waals surface area contributed by atoms with E-state index in [0.29, 0.717) is 17.1 Å². The third-order valence-corrected chi connectivity index (χ3v) is 4.36. The molecular weight excluding hydrogens is 329 g/mol. The third kappa shape index (κ3) is 7.13. The van der Waals surface area contributed by atoms with E-state index in [1.165, 1.54) is 0 Å². The van der Waals surface area contributed by atoms with Crippen LogP contribution in [-0.2, 0) is 11.3 Å². The summed E-state index contributed by atoms with van der Waals surface area (Å²) in [5, 5.41) is 2.73. The van der Waals surface area contributed by atoms with Crippen molar-refractivity contribution < 1.29 is 9.59 Å². The molecule has 2 rings (SSSR count). The minimum absolute atomic E-state index is 0.0241. The van der Waals surface area contributed by atoms with Crippen LogP contribution in [0.25, 0.3) is 0 Å². The first kappa shape index (κ1) is 22.1. The first-order chi connectivity index (χ1) is 12.4. The molecule has 2 amide bonds. The van der Waals surface area contributed by atoms with Crippen molar-refractivity contribution in [2.45, 2.75) is 51.9 Å². The lowest BCUT2D eigenvalue weighted by atomic mass is 9.68. The number of hydrogen-bond acceptors (Lipinski definition) is 5. The highest BCUT2D eigenvalue weighted by atomic mass is 16.2. The Kier molecular flexibility index (Phi) is 9.91. The lowest BCUT2D eigenvalue weighted by Gasteiger charge is -2.21. The molecular formula is C18H31BN5O2. The number of likely N-dealkylation sites (tertiary alicyclic amines) is 1. The fourth-order valence-corrected chi connectivity index (χ4v) is 2.42. The van der Waals surface area contributed by atoms with Crippen molar-refractivity contribution in [2.75, 3.05) is 19.6 Å². The van der Waals surface area contributed by atoms with Crippen LogP contribution in [0.1, 0.15) is 42.7 Å². The van der Waals surface area contributed by atoms with Gasteiger partial charge in [-0.15, -0.1) is 0 Å². The van der Waals surface area contributed by atoms with Crippen molar-refractivity contribution in [2.24, 2.45) is 11.5 Å². The molecule has 0 bridgehead atoms. The van der Waals surface area contributed by atoms with Gasteiger partial charge in [-0.05, 0) is 38.4 Å². The molecule has 1 aromatic heterocycles. The van der Waals surface area contributed by atoms with Crippen LogP contribution in [0.5, 0.6) is 0 Å². The van der Waals surface area contributed by atoms with Gasteiger partial charge in [-0.3, -0.25) is 14.6 Å². The van der Waals surface area contributed by atoms with Crippen LogP contribution in [0.15, 0.2) is 18.3 Å². The fourth-order valence-electron chi connectivity index (χ4n) is 2.42. The third-order valence-electron chi connectivity index (χ3n) is 4.36. The Morgan fingerprint density at radius 3 is 2.46 bits per heavy atom. The average Bonchev–Trinajstić information content (AvgIpc) is 3.21. The van der Waals surface area contributed by atoms with E-state index in [-0.39, 0.29) is 18.4 Å². The van der Waals surface area contributed by atoms with Crippen molar-refractivity contribution in [3.05, 3.63) is 29.6 Å². The number of pyridine rings is 1. The van der Waals surface area contributed by atoms with Crippen molar-refractivity contribution in [3.63, 3.8) is 0 Å². The molecule has 1 radical (unpaired) electrons. The van der Waals surface area contributed by atoms with Crippen molar-refractivity contribution in [3.8, 4) is 0 Å². The molecule has 26 heavy (non-hydrogen) atoms. The Bertz CT molecular complexity index is 574. The van der Waals surface area contributed by atoms with E-state index >= 15 is 0 Å². The Hall–Kier alpha value is -1.93. The molecule has 1 fully saturated rings. The van der Waals surface area contributed by atoms with E-state index in [2.05, 4.69) is 24.5 Å². The molecule has 2 atom stereocenters. The maximum absolute atomic E-state index is 12.1. The topological polar surface area (TPSA) is 114 Å². The first-order valence-corrected chi connectivity index (χ1v) is 9.17. The maximum Gasteiger partial charge on any atom is 0.252 e. The van der Waals surface area contributed by atoms with Gasteiger partial charge in [0.2, 0.25) is 5.91 Å².